The molecule has 1 heterocycles. The zero-order valence-corrected chi connectivity index (χ0v) is 10.0. The van der Waals surface area contributed by atoms with E-state index in [-0.39, 0.29) is 0 Å². The van der Waals surface area contributed by atoms with Gasteiger partial charge in [0.05, 0.1) is 11.6 Å². The second kappa shape index (κ2) is 5.31. The molecular formula is C13H12ClFN2. The molecule has 0 radical (unpaired) electrons. The molecule has 0 amide bonds. The highest BCUT2D eigenvalue weighted by Crippen LogP contribution is 2.27. The molecule has 1 aliphatic heterocycles. The molecule has 1 saturated heterocycles. The monoisotopic (exact) mass is 250 g/mol. The van der Waals surface area contributed by atoms with Crippen LogP contribution in [0.3, 0.4) is 0 Å². The molecule has 4 heteroatoms. The Morgan fingerprint density at radius 2 is 2.06 bits per heavy atom. The molecule has 0 spiro atoms. The summed E-state index contributed by atoms with van der Waals surface area (Å²) >= 11 is 5.70. The minimum Gasteiger partial charge on any atom is -0.316 e. The second-order valence-corrected chi connectivity index (χ2v) is 4.40. The van der Waals surface area contributed by atoms with Crippen molar-refractivity contribution in [2.45, 2.75) is 12.8 Å². The number of piperidine rings is 1. The Bertz CT molecular complexity index is 495. The molecule has 1 aromatic rings. The molecule has 0 bridgehead atoms. The Morgan fingerprint density at radius 1 is 1.35 bits per heavy atom. The second-order valence-electron chi connectivity index (χ2n) is 3.96. The molecule has 1 fully saturated rings. The van der Waals surface area contributed by atoms with Crippen LogP contribution < -0.4 is 5.32 Å². The largest absolute Gasteiger partial charge is 0.316 e. The number of nitrogens with zero attached hydrogens (tertiary/aromatic N) is 1. The average molecular weight is 251 g/mol. The van der Waals surface area contributed by atoms with Crippen molar-refractivity contribution in [2.24, 2.45) is 0 Å². The maximum atomic E-state index is 13.8. The predicted molar refractivity (Wildman–Crippen MR) is 66.0 cm³/mol. The molecule has 0 saturated carbocycles. The fourth-order valence-electron chi connectivity index (χ4n) is 2.00. The SMILES string of the molecule is N#CC(=C1CCNCC1)c1ccc(Cl)cc1F. The summed E-state index contributed by atoms with van der Waals surface area (Å²) in [5.74, 6) is -0.430. The van der Waals surface area contributed by atoms with Gasteiger partial charge in [-0.25, -0.2) is 4.39 Å². The minimum absolute atomic E-state index is 0.346. The van der Waals surface area contributed by atoms with Crippen LogP contribution in [0, 0.1) is 17.1 Å². The average Bonchev–Trinajstić information content (AvgIpc) is 2.34. The maximum absolute atomic E-state index is 13.8. The lowest BCUT2D eigenvalue weighted by Gasteiger charge is -2.17. The van der Waals surface area contributed by atoms with Gasteiger partial charge in [0.1, 0.15) is 5.82 Å². The Balaban J connectivity index is 2.45. The molecule has 0 aliphatic carbocycles. The van der Waals surface area contributed by atoms with Gasteiger partial charge in [-0.15, -0.1) is 0 Å². The van der Waals surface area contributed by atoms with Crippen LogP contribution in [0.1, 0.15) is 18.4 Å². The van der Waals surface area contributed by atoms with Crippen molar-refractivity contribution in [2.75, 3.05) is 13.1 Å². The van der Waals surface area contributed by atoms with Gasteiger partial charge in [0, 0.05) is 10.6 Å². The summed E-state index contributed by atoms with van der Waals surface area (Å²) in [6.45, 7) is 1.69. The molecule has 17 heavy (non-hydrogen) atoms. The molecule has 2 rings (SSSR count). The molecule has 2 nitrogen and oxygen atoms in total. The van der Waals surface area contributed by atoms with Gasteiger partial charge >= 0.3 is 0 Å². The van der Waals surface area contributed by atoms with E-state index in [1.165, 1.54) is 6.07 Å². The number of hydrogen-bond acceptors (Lipinski definition) is 2. The third-order valence-corrected chi connectivity index (χ3v) is 3.11. The van der Waals surface area contributed by atoms with Gasteiger partial charge < -0.3 is 5.32 Å². The molecule has 1 N–H and O–H groups in total. The quantitative estimate of drug-likeness (QED) is 0.778. The lowest BCUT2D eigenvalue weighted by Crippen LogP contribution is -2.23. The van der Waals surface area contributed by atoms with Crippen molar-refractivity contribution in [3.63, 3.8) is 0 Å². The van der Waals surface area contributed by atoms with E-state index in [0.29, 0.717) is 16.2 Å². The van der Waals surface area contributed by atoms with Crippen LogP contribution in [0.15, 0.2) is 23.8 Å². The van der Waals surface area contributed by atoms with Crippen LogP contribution in [-0.4, -0.2) is 13.1 Å². The van der Waals surface area contributed by atoms with E-state index >= 15 is 0 Å². The smallest absolute Gasteiger partial charge is 0.133 e. The lowest BCUT2D eigenvalue weighted by atomic mass is 9.94. The van der Waals surface area contributed by atoms with Gasteiger partial charge in [0.2, 0.25) is 0 Å². The first-order chi connectivity index (χ1) is 8.22. The summed E-state index contributed by atoms with van der Waals surface area (Å²) in [6, 6.07) is 6.55. The number of allylic oxidation sites excluding steroid dienone is 1. The van der Waals surface area contributed by atoms with Gasteiger partial charge in [0.25, 0.3) is 0 Å². The number of halogens is 2. The Morgan fingerprint density at radius 3 is 2.65 bits per heavy atom. The van der Waals surface area contributed by atoms with E-state index in [4.69, 9.17) is 11.6 Å². The zero-order valence-electron chi connectivity index (χ0n) is 9.26. The van der Waals surface area contributed by atoms with Gasteiger partial charge in [-0.1, -0.05) is 11.6 Å². The molecular weight excluding hydrogens is 239 g/mol. The van der Waals surface area contributed by atoms with E-state index in [1.807, 2.05) is 0 Å². The fraction of sp³-hybridized carbons (Fsp3) is 0.308. The lowest BCUT2D eigenvalue weighted by molar-refractivity contribution is 0.608. The van der Waals surface area contributed by atoms with Crippen molar-refractivity contribution in [1.82, 2.24) is 5.32 Å². The Hall–Kier alpha value is -1.37. The topological polar surface area (TPSA) is 35.8 Å². The summed E-state index contributed by atoms with van der Waals surface area (Å²) < 4.78 is 13.8. The van der Waals surface area contributed by atoms with Crippen molar-refractivity contribution in [1.29, 1.82) is 5.26 Å². The van der Waals surface area contributed by atoms with Gasteiger partial charge in [-0.2, -0.15) is 5.26 Å². The van der Waals surface area contributed by atoms with Gasteiger partial charge in [0.15, 0.2) is 0 Å². The fourth-order valence-corrected chi connectivity index (χ4v) is 2.16. The van der Waals surface area contributed by atoms with Gasteiger partial charge in [-0.3, -0.25) is 0 Å². The summed E-state index contributed by atoms with van der Waals surface area (Å²) in [6.07, 6.45) is 1.59. The van der Waals surface area contributed by atoms with Crippen LogP contribution in [-0.2, 0) is 0 Å². The first kappa shape index (κ1) is 12.1. The first-order valence-corrected chi connectivity index (χ1v) is 5.88. The van der Waals surface area contributed by atoms with Crippen LogP contribution in [0.4, 0.5) is 4.39 Å². The normalized spacial score (nSPS) is 15.5. The molecule has 0 atom stereocenters. The number of benzene rings is 1. The van der Waals surface area contributed by atoms with Crippen LogP contribution >= 0.6 is 11.6 Å². The van der Waals surface area contributed by atoms with E-state index in [9.17, 15) is 9.65 Å². The van der Waals surface area contributed by atoms with Crippen molar-refractivity contribution in [3.05, 3.63) is 40.2 Å². The van der Waals surface area contributed by atoms with Gasteiger partial charge in [-0.05, 0) is 49.7 Å². The standard InChI is InChI=1S/C13H12ClFN2/c14-10-1-2-11(13(15)7-10)12(8-16)9-3-5-17-6-4-9/h1-2,7,17H,3-6H2. The summed E-state index contributed by atoms with van der Waals surface area (Å²) in [4.78, 5) is 0. The third kappa shape index (κ3) is 2.66. The highest BCUT2D eigenvalue weighted by molar-refractivity contribution is 6.30. The van der Waals surface area contributed by atoms with Crippen LogP contribution in [0.5, 0.6) is 0 Å². The van der Waals surface area contributed by atoms with E-state index in [2.05, 4.69) is 11.4 Å². The summed E-state index contributed by atoms with van der Waals surface area (Å²) in [5.41, 5.74) is 1.84. The zero-order chi connectivity index (χ0) is 12.3. The molecule has 1 aromatic carbocycles. The molecule has 1 aliphatic rings. The molecule has 0 aromatic heterocycles. The number of nitrogens with one attached hydrogen (secondary N) is 1. The third-order valence-electron chi connectivity index (χ3n) is 2.87. The highest BCUT2D eigenvalue weighted by Gasteiger charge is 2.15. The number of rotatable bonds is 1. The van der Waals surface area contributed by atoms with Crippen molar-refractivity contribution in [3.8, 4) is 6.07 Å². The predicted octanol–water partition coefficient (Wildman–Crippen LogP) is 3.14. The number of nitriles is 1. The molecule has 88 valence electrons. The van der Waals surface area contributed by atoms with E-state index < -0.39 is 5.82 Å². The Labute approximate surface area is 105 Å². The Kier molecular flexibility index (Phi) is 3.78. The van der Waals surface area contributed by atoms with E-state index in [1.54, 1.807) is 12.1 Å². The van der Waals surface area contributed by atoms with Crippen molar-refractivity contribution < 1.29 is 4.39 Å². The summed E-state index contributed by atoms with van der Waals surface area (Å²) in [5, 5.41) is 12.8. The van der Waals surface area contributed by atoms with Crippen LogP contribution in [0.25, 0.3) is 5.57 Å². The number of hydrogen-bond donors (Lipinski definition) is 1. The van der Waals surface area contributed by atoms with Crippen molar-refractivity contribution >= 4 is 17.2 Å². The van der Waals surface area contributed by atoms with E-state index in [0.717, 1.165) is 31.5 Å². The maximum Gasteiger partial charge on any atom is 0.133 e. The summed E-state index contributed by atoms with van der Waals surface area (Å²) in [7, 11) is 0. The first-order valence-electron chi connectivity index (χ1n) is 5.50. The molecule has 0 unspecified atom stereocenters. The highest BCUT2D eigenvalue weighted by atomic mass is 35.5. The minimum atomic E-state index is -0.430. The van der Waals surface area contributed by atoms with Crippen LogP contribution in [0.2, 0.25) is 5.02 Å².